The third-order valence-electron chi connectivity index (χ3n) is 2.62. The minimum atomic E-state index is -0.296. The van der Waals surface area contributed by atoms with Crippen LogP contribution in [0.1, 0.15) is 6.92 Å². The monoisotopic (exact) mass is 293 g/mol. The van der Waals surface area contributed by atoms with Crippen LogP contribution in [0.15, 0.2) is 16.5 Å². The van der Waals surface area contributed by atoms with Crippen molar-refractivity contribution in [3.8, 4) is 28.7 Å². The quantitative estimate of drug-likeness (QED) is 0.896. The Hall–Kier alpha value is -2.77. The Morgan fingerprint density at radius 1 is 1.10 bits per heavy atom. The van der Waals surface area contributed by atoms with Gasteiger partial charge < -0.3 is 18.6 Å². The molecule has 1 aromatic carbocycles. The number of carbonyl (C=O) groups excluding carboxylic acids is 1. The number of ether oxygens (including phenoxy) is 3. The number of nitrogens with zero attached hydrogens (tertiary/aromatic N) is 2. The Kier molecular flexibility index (Phi) is 4.27. The molecular formula is C13H15N3O5. The van der Waals surface area contributed by atoms with Crippen LogP contribution in [-0.2, 0) is 4.79 Å². The van der Waals surface area contributed by atoms with Gasteiger partial charge in [0.25, 0.3) is 0 Å². The largest absolute Gasteiger partial charge is 0.493 e. The van der Waals surface area contributed by atoms with Gasteiger partial charge in [0.2, 0.25) is 17.5 Å². The van der Waals surface area contributed by atoms with Gasteiger partial charge >= 0.3 is 6.01 Å². The molecule has 0 bridgehead atoms. The van der Waals surface area contributed by atoms with Crippen LogP contribution in [0.5, 0.6) is 17.2 Å². The first kappa shape index (κ1) is 14.6. The van der Waals surface area contributed by atoms with E-state index in [9.17, 15) is 4.79 Å². The summed E-state index contributed by atoms with van der Waals surface area (Å²) in [6.07, 6.45) is 0. The summed E-state index contributed by atoms with van der Waals surface area (Å²) in [7, 11) is 4.54. The molecule has 1 amide bonds. The topological polar surface area (TPSA) is 95.7 Å². The molecule has 8 heteroatoms. The summed E-state index contributed by atoms with van der Waals surface area (Å²) in [5.41, 5.74) is 0.577. The van der Waals surface area contributed by atoms with Gasteiger partial charge in [-0.1, -0.05) is 5.10 Å². The van der Waals surface area contributed by atoms with Crippen LogP contribution in [0.4, 0.5) is 6.01 Å². The highest BCUT2D eigenvalue weighted by molar-refractivity contribution is 5.86. The fourth-order valence-corrected chi connectivity index (χ4v) is 1.75. The van der Waals surface area contributed by atoms with E-state index in [4.69, 9.17) is 18.6 Å². The van der Waals surface area contributed by atoms with Crippen molar-refractivity contribution in [1.29, 1.82) is 0 Å². The predicted octanol–water partition coefficient (Wildman–Crippen LogP) is 1.72. The van der Waals surface area contributed by atoms with Crippen molar-refractivity contribution in [2.24, 2.45) is 0 Å². The molecule has 0 aliphatic heterocycles. The number of methoxy groups -OCH3 is 3. The molecule has 0 fully saturated rings. The lowest BCUT2D eigenvalue weighted by Crippen LogP contribution is -2.05. The van der Waals surface area contributed by atoms with Gasteiger partial charge in [0.1, 0.15) is 0 Å². The highest BCUT2D eigenvalue weighted by Gasteiger charge is 2.17. The SMILES string of the molecule is COc1cc(-c2nnc(NC(C)=O)o2)cc(OC)c1OC. The Labute approximate surface area is 121 Å². The number of nitrogens with one attached hydrogen (secondary N) is 1. The van der Waals surface area contributed by atoms with Crippen LogP contribution in [0.3, 0.4) is 0 Å². The zero-order valence-electron chi connectivity index (χ0n) is 12.1. The number of aromatic nitrogens is 2. The van der Waals surface area contributed by atoms with Crippen molar-refractivity contribution < 1.29 is 23.4 Å². The molecule has 112 valence electrons. The van der Waals surface area contributed by atoms with Crippen molar-refractivity contribution in [1.82, 2.24) is 10.2 Å². The summed E-state index contributed by atoms with van der Waals surface area (Å²) in [6.45, 7) is 1.35. The van der Waals surface area contributed by atoms with Gasteiger partial charge in [-0.3, -0.25) is 10.1 Å². The molecule has 0 saturated heterocycles. The first-order valence-corrected chi connectivity index (χ1v) is 6.00. The summed E-state index contributed by atoms with van der Waals surface area (Å²) in [6, 6.07) is 3.37. The Morgan fingerprint density at radius 3 is 2.19 bits per heavy atom. The number of benzene rings is 1. The average Bonchev–Trinajstić information content (AvgIpc) is 2.93. The van der Waals surface area contributed by atoms with Crippen LogP contribution in [0.2, 0.25) is 0 Å². The Bertz CT molecular complexity index is 628. The average molecular weight is 293 g/mol. The summed E-state index contributed by atoms with van der Waals surface area (Å²) < 4.78 is 21.1. The number of rotatable bonds is 5. The summed E-state index contributed by atoms with van der Waals surface area (Å²) in [5.74, 6) is 1.32. The minimum absolute atomic E-state index is 0.0197. The Balaban J connectivity index is 2.44. The van der Waals surface area contributed by atoms with Crippen molar-refractivity contribution in [2.45, 2.75) is 6.92 Å². The van der Waals surface area contributed by atoms with E-state index in [0.717, 1.165) is 0 Å². The number of anilines is 1. The first-order valence-electron chi connectivity index (χ1n) is 6.00. The van der Waals surface area contributed by atoms with Crippen LogP contribution in [0, 0.1) is 0 Å². The zero-order chi connectivity index (χ0) is 15.4. The van der Waals surface area contributed by atoms with Crippen LogP contribution >= 0.6 is 0 Å². The van der Waals surface area contributed by atoms with E-state index in [1.165, 1.54) is 28.3 Å². The van der Waals surface area contributed by atoms with Gasteiger partial charge in [0.15, 0.2) is 11.5 Å². The first-order chi connectivity index (χ1) is 10.1. The molecule has 2 rings (SSSR count). The van der Waals surface area contributed by atoms with E-state index in [1.807, 2.05) is 0 Å². The van der Waals surface area contributed by atoms with E-state index in [2.05, 4.69) is 15.5 Å². The summed E-state index contributed by atoms with van der Waals surface area (Å²) >= 11 is 0. The molecule has 1 N–H and O–H groups in total. The molecular weight excluding hydrogens is 278 g/mol. The summed E-state index contributed by atoms with van der Waals surface area (Å²) in [4.78, 5) is 10.9. The number of amides is 1. The fraction of sp³-hybridized carbons (Fsp3) is 0.308. The smallest absolute Gasteiger partial charge is 0.322 e. The van der Waals surface area contributed by atoms with Gasteiger partial charge in [-0.2, -0.15) is 0 Å². The lowest BCUT2D eigenvalue weighted by atomic mass is 10.2. The van der Waals surface area contributed by atoms with Crippen molar-refractivity contribution >= 4 is 11.9 Å². The van der Waals surface area contributed by atoms with Gasteiger partial charge in [-0.05, 0) is 12.1 Å². The van der Waals surface area contributed by atoms with E-state index >= 15 is 0 Å². The molecule has 2 aromatic rings. The number of hydrogen-bond donors (Lipinski definition) is 1. The number of carbonyl (C=O) groups is 1. The second-order valence-electron chi connectivity index (χ2n) is 4.01. The van der Waals surface area contributed by atoms with Crippen molar-refractivity contribution in [2.75, 3.05) is 26.6 Å². The molecule has 1 heterocycles. The molecule has 0 unspecified atom stereocenters. The molecule has 0 aliphatic carbocycles. The molecule has 0 saturated carbocycles. The minimum Gasteiger partial charge on any atom is -0.493 e. The molecule has 0 atom stereocenters. The van der Waals surface area contributed by atoms with Crippen molar-refractivity contribution in [3.63, 3.8) is 0 Å². The number of hydrogen-bond acceptors (Lipinski definition) is 7. The maximum absolute atomic E-state index is 10.9. The molecule has 0 spiro atoms. The van der Waals surface area contributed by atoms with Crippen molar-refractivity contribution in [3.05, 3.63) is 12.1 Å². The normalized spacial score (nSPS) is 10.1. The van der Waals surface area contributed by atoms with E-state index in [-0.39, 0.29) is 17.8 Å². The fourth-order valence-electron chi connectivity index (χ4n) is 1.75. The molecule has 0 radical (unpaired) electrons. The van der Waals surface area contributed by atoms with Crippen LogP contribution in [0.25, 0.3) is 11.5 Å². The maximum Gasteiger partial charge on any atom is 0.322 e. The van der Waals surface area contributed by atoms with Crippen LogP contribution < -0.4 is 19.5 Å². The highest BCUT2D eigenvalue weighted by atomic mass is 16.5. The van der Waals surface area contributed by atoms with E-state index in [1.54, 1.807) is 12.1 Å². The van der Waals surface area contributed by atoms with Gasteiger partial charge in [0, 0.05) is 12.5 Å². The Morgan fingerprint density at radius 2 is 1.71 bits per heavy atom. The molecule has 0 aliphatic rings. The molecule has 21 heavy (non-hydrogen) atoms. The zero-order valence-corrected chi connectivity index (χ0v) is 12.1. The van der Waals surface area contributed by atoms with Gasteiger partial charge in [-0.25, -0.2) is 0 Å². The maximum atomic E-state index is 10.9. The lowest BCUT2D eigenvalue weighted by molar-refractivity contribution is -0.114. The molecule has 1 aromatic heterocycles. The summed E-state index contributed by atoms with van der Waals surface area (Å²) in [5, 5.41) is 10.00. The second-order valence-corrected chi connectivity index (χ2v) is 4.01. The third-order valence-corrected chi connectivity index (χ3v) is 2.62. The highest BCUT2D eigenvalue weighted by Crippen LogP contribution is 2.40. The standard InChI is InChI=1S/C13H15N3O5/c1-7(17)14-13-16-15-12(21-13)8-5-9(18-2)11(20-4)10(6-8)19-3/h5-6H,1-4H3,(H,14,16,17). The predicted molar refractivity (Wildman–Crippen MR) is 73.7 cm³/mol. The van der Waals surface area contributed by atoms with E-state index in [0.29, 0.717) is 22.8 Å². The second kappa shape index (κ2) is 6.12. The molecule has 8 nitrogen and oxygen atoms in total. The van der Waals surface area contributed by atoms with Gasteiger partial charge in [-0.15, -0.1) is 5.10 Å². The van der Waals surface area contributed by atoms with Gasteiger partial charge in [0.05, 0.1) is 21.3 Å². The van der Waals surface area contributed by atoms with Crippen LogP contribution in [-0.4, -0.2) is 37.4 Å². The lowest BCUT2D eigenvalue weighted by Gasteiger charge is -2.12. The van der Waals surface area contributed by atoms with E-state index < -0.39 is 0 Å². The third kappa shape index (κ3) is 3.04.